The summed E-state index contributed by atoms with van der Waals surface area (Å²) in [5, 5.41) is 14.9. The van der Waals surface area contributed by atoms with Crippen LogP contribution in [0, 0.1) is 10.1 Å². The number of hydrogen-bond donors (Lipinski definition) is 2. The van der Waals surface area contributed by atoms with E-state index < -0.39 is 5.09 Å². The third-order valence-electron chi connectivity index (χ3n) is 2.63. The van der Waals surface area contributed by atoms with Gasteiger partial charge in [-0.1, -0.05) is 29.3 Å². The van der Waals surface area contributed by atoms with Gasteiger partial charge in [-0.2, -0.15) is 0 Å². The molecule has 8 nitrogen and oxygen atoms in total. The molecule has 0 bridgehead atoms. The smallest absolute Gasteiger partial charge is 0.291 e. The Labute approximate surface area is 142 Å². The molecule has 1 heterocycles. The standard InChI is InChI=1S/C13H14Cl2N2O2.HNO3/c1-18-8-19-12(13-16-4-5-17-13)6-9-2-3-10(14)7-11(9)15;2-1(3)4/h2-5,7,12H,6,8H2,1H3,(H,16,17);(H,2,3,4). The molecule has 2 aromatic rings. The number of H-pyrrole nitrogens is 1. The van der Waals surface area contributed by atoms with Gasteiger partial charge in [-0.25, -0.2) is 4.98 Å². The fourth-order valence-electron chi connectivity index (χ4n) is 1.73. The molecule has 1 unspecified atom stereocenters. The van der Waals surface area contributed by atoms with Gasteiger partial charge >= 0.3 is 0 Å². The summed E-state index contributed by atoms with van der Waals surface area (Å²) in [7, 11) is 1.58. The predicted octanol–water partition coefficient (Wildman–Crippen LogP) is 3.27. The number of imidazole rings is 1. The van der Waals surface area contributed by atoms with Crippen molar-refractivity contribution in [2.45, 2.75) is 12.5 Å². The Kier molecular flexibility index (Phi) is 8.35. The minimum absolute atomic E-state index is 0.191. The van der Waals surface area contributed by atoms with E-state index in [0.717, 1.165) is 11.4 Å². The molecule has 1 aromatic carbocycles. The van der Waals surface area contributed by atoms with Crippen LogP contribution in [0.15, 0.2) is 30.6 Å². The average molecular weight is 364 g/mol. The highest BCUT2D eigenvalue weighted by molar-refractivity contribution is 6.35. The van der Waals surface area contributed by atoms with Crippen LogP contribution in [0.3, 0.4) is 0 Å². The molecule has 23 heavy (non-hydrogen) atoms. The van der Waals surface area contributed by atoms with Gasteiger partial charge in [0.1, 0.15) is 18.7 Å². The number of nitrogens with zero attached hydrogens (tertiary/aromatic N) is 2. The Balaban J connectivity index is 0.000000593. The third-order valence-corrected chi connectivity index (χ3v) is 3.22. The molecule has 10 heteroatoms. The summed E-state index contributed by atoms with van der Waals surface area (Å²) < 4.78 is 10.6. The second-order valence-corrected chi connectivity index (χ2v) is 5.06. The number of nitrogens with one attached hydrogen (secondary N) is 1. The average Bonchev–Trinajstić information content (AvgIpc) is 2.99. The van der Waals surface area contributed by atoms with Crippen LogP contribution in [-0.2, 0) is 15.9 Å². The molecule has 1 atom stereocenters. The van der Waals surface area contributed by atoms with Crippen molar-refractivity contribution < 1.29 is 19.8 Å². The molecule has 0 aliphatic rings. The fourth-order valence-corrected chi connectivity index (χ4v) is 2.21. The van der Waals surface area contributed by atoms with Gasteiger partial charge in [0.05, 0.1) is 0 Å². The van der Waals surface area contributed by atoms with Gasteiger partial charge in [-0.3, -0.25) is 0 Å². The number of aromatic nitrogens is 2. The number of rotatable bonds is 6. The zero-order valence-corrected chi connectivity index (χ0v) is 13.6. The molecule has 0 saturated heterocycles. The SMILES string of the molecule is COCOC(Cc1ccc(Cl)cc1Cl)c1ncc[nH]1.O=[N+]([O-])O. The van der Waals surface area contributed by atoms with Crippen molar-refractivity contribution in [1.29, 1.82) is 0 Å². The Morgan fingerprint density at radius 2 is 2.17 bits per heavy atom. The normalized spacial score (nSPS) is 11.4. The monoisotopic (exact) mass is 363 g/mol. The maximum atomic E-state index is 8.36. The molecule has 0 saturated carbocycles. The molecule has 2 rings (SSSR count). The zero-order chi connectivity index (χ0) is 17.2. The minimum atomic E-state index is -1.50. The van der Waals surface area contributed by atoms with Crippen LogP contribution in [0.2, 0.25) is 10.0 Å². The summed E-state index contributed by atoms with van der Waals surface area (Å²) in [6.07, 6.45) is 3.78. The highest BCUT2D eigenvalue weighted by atomic mass is 35.5. The molecule has 0 amide bonds. The first-order valence-corrected chi connectivity index (χ1v) is 7.06. The van der Waals surface area contributed by atoms with Crippen molar-refractivity contribution in [2.75, 3.05) is 13.9 Å². The molecule has 0 fully saturated rings. The highest BCUT2D eigenvalue weighted by Crippen LogP contribution is 2.26. The van der Waals surface area contributed by atoms with Crippen LogP contribution >= 0.6 is 23.2 Å². The summed E-state index contributed by atoms with van der Waals surface area (Å²) in [4.78, 5) is 15.6. The van der Waals surface area contributed by atoms with Crippen molar-refractivity contribution >= 4 is 23.2 Å². The van der Waals surface area contributed by atoms with Crippen molar-refractivity contribution in [3.8, 4) is 0 Å². The van der Waals surface area contributed by atoms with E-state index in [4.69, 9.17) is 48.0 Å². The fraction of sp³-hybridized carbons (Fsp3) is 0.308. The highest BCUT2D eigenvalue weighted by Gasteiger charge is 2.17. The van der Waals surface area contributed by atoms with Gasteiger partial charge in [0.2, 0.25) is 0 Å². The lowest BCUT2D eigenvalue weighted by atomic mass is 10.1. The Bertz CT molecular complexity index is 606. The van der Waals surface area contributed by atoms with E-state index in [1.807, 2.05) is 6.07 Å². The first-order valence-electron chi connectivity index (χ1n) is 6.31. The predicted molar refractivity (Wildman–Crippen MR) is 83.2 cm³/mol. The van der Waals surface area contributed by atoms with Crippen molar-refractivity contribution in [3.05, 3.63) is 62.1 Å². The van der Waals surface area contributed by atoms with Gasteiger partial charge in [-0.05, 0) is 17.7 Å². The van der Waals surface area contributed by atoms with E-state index >= 15 is 0 Å². The zero-order valence-electron chi connectivity index (χ0n) is 12.1. The molecule has 0 aliphatic heterocycles. The largest absolute Gasteiger partial charge is 0.359 e. The molecule has 0 spiro atoms. The van der Waals surface area contributed by atoms with Gasteiger partial charge in [0, 0.05) is 36.0 Å². The van der Waals surface area contributed by atoms with Crippen molar-refractivity contribution in [3.63, 3.8) is 0 Å². The van der Waals surface area contributed by atoms with Gasteiger partial charge in [0.15, 0.2) is 0 Å². The lowest BCUT2D eigenvalue weighted by Gasteiger charge is -2.16. The summed E-state index contributed by atoms with van der Waals surface area (Å²) in [5.74, 6) is 0.739. The number of hydrogen-bond acceptors (Lipinski definition) is 5. The molecule has 2 N–H and O–H groups in total. The topological polar surface area (TPSA) is 111 Å². The van der Waals surface area contributed by atoms with Crippen LogP contribution in [0.4, 0.5) is 0 Å². The number of aromatic amines is 1. The van der Waals surface area contributed by atoms with Gasteiger partial charge in [-0.15, -0.1) is 10.1 Å². The van der Waals surface area contributed by atoms with Crippen molar-refractivity contribution in [1.82, 2.24) is 9.97 Å². The van der Waals surface area contributed by atoms with E-state index in [-0.39, 0.29) is 12.9 Å². The molecule has 0 aliphatic carbocycles. The van der Waals surface area contributed by atoms with Crippen molar-refractivity contribution in [2.24, 2.45) is 0 Å². The van der Waals surface area contributed by atoms with Crippen LogP contribution in [0.25, 0.3) is 0 Å². The van der Waals surface area contributed by atoms with E-state index in [1.54, 1.807) is 31.6 Å². The number of benzene rings is 1. The van der Waals surface area contributed by atoms with E-state index in [1.165, 1.54) is 0 Å². The first kappa shape index (κ1) is 19.2. The second-order valence-electron chi connectivity index (χ2n) is 4.21. The number of methoxy groups -OCH3 is 1. The van der Waals surface area contributed by atoms with Gasteiger partial charge in [0.25, 0.3) is 5.09 Å². The quantitative estimate of drug-likeness (QED) is 0.462. The minimum Gasteiger partial charge on any atom is -0.359 e. The van der Waals surface area contributed by atoms with E-state index in [9.17, 15) is 0 Å². The van der Waals surface area contributed by atoms with Crippen LogP contribution in [0.1, 0.15) is 17.5 Å². The third kappa shape index (κ3) is 7.29. The maximum Gasteiger partial charge on any atom is 0.291 e. The van der Waals surface area contributed by atoms with Crippen LogP contribution < -0.4 is 0 Å². The summed E-state index contributed by atoms with van der Waals surface area (Å²) in [5.41, 5.74) is 0.948. The summed E-state index contributed by atoms with van der Waals surface area (Å²) in [6, 6.07) is 5.41. The lowest BCUT2D eigenvalue weighted by Crippen LogP contribution is -2.11. The molecular weight excluding hydrogens is 349 g/mol. The molecular formula is C13H15Cl2N3O5. The van der Waals surface area contributed by atoms with Crippen LogP contribution in [0.5, 0.6) is 0 Å². The Hall–Kier alpha value is -1.87. The molecule has 126 valence electrons. The Morgan fingerprint density at radius 3 is 2.70 bits per heavy atom. The second kappa shape index (κ2) is 10.0. The first-order chi connectivity index (χ1) is 10.9. The number of halogens is 2. The summed E-state index contributed by atoms with van der Waals surface area (Å²) in [6.45, 7) is 0.191. The molecule has 0 radical (unpaired) electrons. The van der Waals surface area contributed by atoms with Crippen LogP contribution in [-0.4, -0.2) is 34.2 Å². The summed E-state index contributed by atoms with van der Waals surface area (Å²) >= 11 is 12.0. The van der Waals surface area contributed by atoms with Gasteiger partial charge < -0.3 is 19.7 Å². The number of ether oxygens (including phenoxy) is 2. The lowest BCUT2D eigenvalue weighted by molar-refractivity contribution is -0.742. The van der Waals surface area contributed by atoms with E-state index in [2.05, 4.69) is 9.97 Å². The Morgan fingerprint density at radius 1 is 1.48 bits per heavy atom. The maximum absolute atomic E-state index is 8.36. The van der Waals surface area contributed by atoms with E-state index in [0.29, 0.717) is 16.5 Å². The molecule has 1 aromatic heterocycles.